The van der Waals surface area contributed by atoms with Crippen LogP contribution in [0.4, 0.5) is 17.6 Å². The van der Waals surface area contributed by atoms with E-state index in [1.807, 2.05) is 0 Å². The van der Waals surface area contributed by atoms with Crippen LogP contribution in [0.2, 0.25) is 0 Å². The number of halogens is 4. The number of fused-ring (bicyclic) bond motifs is 1. The summed E-state index contributed by atoms with van der Waals surface area (Å²) in [6.07, 6.45) is -4.58. The van der Waals surface area contributed by atoms with Crippen LogP contribution in [0.1, 0.15) is 37.7 Å². The van der Waals surface area contributed by atoms with Crippen LogP contribution in [0.3, 0.4) is 0 Å². The first kappa shape index (κ1) is 15.4. The summed E-state index contributed by atoms with van der Waals surface area (Å²) < 4.78 is 61.2. The Hall–Kier alpha value is -1.50. The second kappa shape index (κ2) is 5.01. The minimum atomic E-state index is -4.69. The van der Waals surface area contributed by atoms with E-state index < -0.39 is 12.2 Å². The van der Waals surface area contributed by atoms with Crippen molar-refractivity contribution < 1.29 is 27.0 Å². The van der Waals surface area contributed by atoms with E-state index in [2.05, 4.69) is 9.47 Å². The maximum Gasteiger partial charge on any atom is 0.507 e. The number of benzene rings is 1. The van der Waals surface area contributed by atoms with Gasteiger partial charge in [-0.2, -0.15) is 17.6 Å². The summed E-state index contributed by atoms with van der Waals surface area (Å²) in [4.78, 5) is 0. The van der Waals surface area contributed by atoms with E-state index >= 15 is 0 Å². The van der Waals surface area contributed by atoms with Crippen molar-refractivity contribution in [3.8, 4) is 11.5 Å². The first-order valence-electron chi connectivity index (χ1n) is 7.28. The van der Waals surface area contributed by atoms with Gasteiger partial charge in [-0.3, -0.25) is 0 Å². The van der Waals surface area contributed by atoms with E-state index in [0.29, 0.717) is 6.54 Å². The van der Waals surface area contributed by atoms with Gasteiger partial charge in [0, 0.05) is 12.0 Å². The van der Waals surface area contributed by atoms with E-state index in [4.69, 9.17) is 5.73 Å². The van der Waals surface area contributed by atoms with Gasteiger partial charge in [0.2, 0.25) is 0 Å². The third kappa shape index (κ3) is 2.31. The van der Waals surface area contributed by atoms with Crippen molar-refractivity contribution in [1.82, 2.24) is 0 Å². The largest absolute Gasteiger partial charge is 0.507 e. The summed E-state index contributed by atoms with van der Waals surface area (Å²) >= 11 is 0. The molecule has 1 aromatic rings. The molecule has 1 fully saturated rings. The van der Waals surface area contributed by atoms with Gasteiger partial charge in [0.15, 0.2) is 11.5 Å². The van der Waals surface area contributed by atoms with Crippen LogP contribution in [0, 0.1) is 0 Å². The Morgan fingerprint density at radius 1 is 0.909 bits per heavy atom. The molecular weight excluding hydrogens is 302 g/mol. The van der Waals surface area contributed by atoms with E-state index in [-0.39, 0.29) is 16.9 Å². The van der Waals surface area contributed by atoms with Crippen LogP contribution < -0.4 is 15.2 Å². The monoisotopic (exact) mass is 319 g/mol. The van der Waals surface area contributed by atoms with Gasteiger partial charge in [-0.05, 0) is 30.5 Å². The van der Waals surface area contributed by atoms with Crippen molar-refractivity contribution in [2.45, 2.75) is 49.7 Å². The molecule has 122 valence electrons. The molecule has 1 aromatic carbocycles. The van der Waals surface area contributed by atoms with Crippen molar-refractivity contribution in [3.05, 3.63) is 23.8 Å². The quantitative estimate of drug-likeness (QED) is 0.843. The lowest BCUT2D eigenvalue weighted by Gasteiger charge is -2.38. The van der Waals surface area contributed by atoms with Crippen LogP contribution in [0.25, 0.3) is 0 Å². The average Bonchev–Trinajstić information content (AvgIpc) is 2.48. The molecule has 1 saturated carbocycles. The molecule has 0 bridgehead atoms. The van der Waals surface area contributed by atoms with Gasteiger partial charge in [-0.15, -0.1) is 0 Å². The van der Waals surface area contributed by atoms with Gasteiger partial charge in [0.05, 0.1) is 0 Å². The lowest BCUT2D eigenvalue weighted by molar-refractivity contribution is -0.391. The molecule has 1 aliphatic carbocycles. The zero-order valence-corrected chi connectivity index (χ0v) is 11.9. The predicted molar refractivity (Wildman–Crippen MR) is 71.4 cm³/mol. The molecule has 0 spiro atoms. The van der Waals surface area contributed by atoms with Crippen LogP contribution in [-0.2, 0) is 5.41 Å². The fourth-order valence-corrected chi connectivity index (χ4v) is 3.24. The van der Waals surface area contributed by atoms with Crippen LogP contribution in [-0.4, -0.2) is 18.8 Å². The van der Waals surface area contributed by atoms with Crippen molar-refractivity contribution in [3.63, 3.8) is 0 Å². The number of hydrogen-bond donors (Lipinski definition) is 1. The Kier molecular flexibility index (Phi) is 3.51. The third-order valence-electron chi connectivity index (χ3n) is 4.57. The standard InChI is InChI=1S/C15H17F4NO2/c16-14(17)15(18,19)22-12-8-10(4-5-11(12)21-14)13(9-20)6-2-1-3-7-13/h4-5,8H,1-3,6-7,9,20H2. The smallest absolute Gasteiger partial charge is 0.421 e. The Labute approximate surface area is 125 Å². The molecule has 1 heterocycles. The highest BCUT2D eigenvalue weighted by Gasteiger charge is 2.66. The van der Waals surface area contributed by atoms with Gasteiger partial charge < -0.3 is 15.2 Å². The summed E-state index contributed by atoms with van der Waals surface area (Å²) in [7, 11) is 0. The maximum absolute atomic E-state index is 13.3. The zero-order valence-electron chi connectivity index (χ0n) is 11.9. The summed E-state index contributed by atoms with van der Waals surface area (Å²) in [5.41, 5.74) is 6.32. The Morgan fingerprint density at radius 2 is 1.50 bits per heavy atom. The second-order valence-corrected chi connectivity index (χ2v) is 5.94. The highest BCUT2D eigenvalue weighted by atomic mass is 19.3. The van der Waals surface area contributed by atoms with Gasteiger partial charge in [-0.1, -0.05) is 25.3 Å². The topological polar surface area (TPSA) is 44.5 Å². The molecule has 1 aliphatic heterocycles. The summed E-state index contributed by atoms with van der Waals surface area (Å²) in [6, 6.07) is 4.22. The zero-order chi connectivity index (χ0) is 16.0. The van der Waals surface area contributed by atoms with Gasteiger partial charge in [-0.25, -0.2) is 0 Å². The Morgan fingerprint density at radius 3 is 2.09 bits per heavy atom. The Bertz CT molecular complexity index is 571. The number of ether oxygens (including phenoxy) is 2. The van der Waals surface area contributed by atoms with E-state index in [1.54, 1.807) is 6.07 Å². The molecule has 2 N–H and O–H groups in total. The molecule has 0 amide bonds. The first-order valence-corrected chi connectivity index (χ1v) is 7.28. The number of rotatable bonds is 2. The molecule has 0 aromatic heterocycles. The molecule has 3 nitrogen and oxygen atoms in total. The normalized spacial score (nSPS) is 24.8. The lowest BCUT2D eigenvalue weighted by atomic mass is 9.69. The minimum Gasteiger partial charge on any atom is -0.421 e. The fourth-order valence-electron chi connectivity index (χ4n) is 3.24. The second-order valence-electron chi connectivity index (χ2n) is 5.94. The van der Waals surface area contributed by atoms with Crippen molar-refractivity contribution in [2.75, 3.05) is 6.54 Å². The van der Waals surface area contributed by atoms with E-state index in [9.17, 15) is 17.6 Å². The molecule has 0 radical (unpaired) electrons. The molecule has 3 rings (SSSR count). The SMILES string of the molecule is NCC1(c2ccc3c(c2)OC(F)(F)C(F)(F)O3)CCCCC1. The summed E-state index contributed by atoms with van der Waals surface area (Å²) in [5, 5.41) is 0. The highest BCUT2D eigenvalue weighted by Crippen LogP contribution is 2.49. The molecule has 0 atom stereocenters. The lowest BCUT2D eigenvalue weighted by Crippen LogP contribution is -2.52. The first-order chi connectivity index (χ1) is 10.3. The van der Waals surface area contributed by atoms with Crippen LogP contribution >= 0.6 is 0 Å². The van der Waals surface area contributed by atoms with E-state index in [0.717, 1.165) is 37.7 Å². The fraction of sp³-hybridized carbons (Fsp3) is 0.600. The number of nitrogens with two attached hydrogens (primary N) is 1. The third-order valence-corrected chi connectivity index (χ3v) is 4.57. The number of hydrogen-bond acceptors (Lipinski definition) is 3. The van der Waals surface area contributed by atoms with Crippen molar-refractivity contribution in [2.24, 2.45) is 5.73 Å². The molecule has 0 unspecified atom stereocenters. The van der Waals surface area contributed by atoms with Crippen molar-refractivity contribution in [1.29, 1.82) is 0 Å². The predicted octanol–water partition coefficient (Wildman–Crippen LogP) is 3.80. The molecule has 0 saturated heterocycles. The molecular formula is C15H17F4NO2. The van der Waals surface area contributed by atoms with Gasteiger partial charge in [0.25, 0.3) is 0 Å². The number of alkyl halides is 4. The highest BCUT2D eigenvalue weighted by molar-refractivity contribution is 5.47. The summed E-state index contributed by atoms with van der Waals surface area (Å²) in [5.74, 6) is -0.755. The van der Waals surface area contributed by atoms with Crippen LogP contribution in [0.15, 0.2) is 18.2 Å². The van der Waals surface area contributed by atoms with Gasteiger partial charge >= 0.3 is 12.2 Å². The van der Waals surface area contributed by atoms with E-state index in [1.165, 1.54) is 12.1 Å². The maximum atomic E-state index is 13.3. The average molecular weight is 319 g/mol. The van der Waals surface area contributed by atoms with Crippen molar-refractivity contribution >= 4 is 0 Å². The Balaban J connectivity index is 1.98. The summed E-state index contributed by atoms with van der Waals surface area (Å²) in [6.45, 7) is 0.374. The van der Waals surface area contributed by atoms with Crippen LogP contribution in [0.5, 0.6) is 11.5 Å². The molecule has 7 heteroatoms. The minimum absolute atomic E-state index is 0.314. The molecule has 2 aliphatic rings. The van der Waals surface area contributed by atoms with Gasteiger partial charge in [0.1, 0.15) is 0 Å². The molecule has 22 heavy (non-hydrogen) atoms.